The predicted molar refractivity (Wildman–Crippen MR) is 94.3 cm³/mol. The molecule has 3 heterocycles. The fraction of sp³-hybridized carbons (Fsp3) is 0.533. The van der Waals surface area contributed by atoms with E-state index >= 15 is 0 Å². The summed E-state index contributed by atoms with van der Waals surface area (Å²) in [5.74, 6) is 1.43. The summed E-state index contributed by atoms with van der Waals surface area (Å²) in [5, 5.41) is 8.54. The minimum Gasteiger partial charge on any atom is -0.342 e. The van der Waals surface area contributed by atoms with Gasteiger partial charge in [0, 0.05) is 31.6 Å². The van der Waals surface area contributed by atoms with Gasteiger partial charge in [-0.1, -0.05) is 6.07 Å². The third kappa shape index (κ3) is 4.34. The highest BCUT2D eigenvalue weighted by molar-refractivity contribution is 5.85. The van der Waals surface area contributed by atoms with Crippen LogP contribution in [0.15, 0.2) is 24.4 Å². The molecule has 2 aromatic heterocycles. The minimum atomic E-state index is 0. The third-order valence-electron chi connectivity index (χ3n) is 4.07. The topological polar surface area (TPSA) is 76.5 Å². The van der Waals surface area contributed by atoms with Crippen molar-refractivity contribution in [3.63, 3.8) is 0 Å². The Morgan fingerprint density at radius 2 is 2.13 bits per heavy atom. The summed E-state index contributed by atoms with van der Waals surface area (Å²) in [6.07, 6.45) is 5.36. The highest BCUT2D eigenvalue weighted by atomic mass is 35.5. The molecule has 1 unspecified atom stereocenters. The normalized spacial score (nSPS) is 17.4. The Labute approximate surface area is 148 Å². The van der Waals surface area contributed by atoms with Gasteiger partial charge in [0.2, 0.25) is 5.91 Å². The summed E-state index contributed by atoms with van der Waals surface area (Å²) in [6, 6.07) is 5.88. The van der Waals surface area contributed by atoms with Crippen molar-refractivity contribution in [2.24, 2.45) is 5.73 Å². The molecule has 0 aliphatic carbocycles. The van der Waals surface area contributed by atoms with Crippen molar-refractivity contribution in [1.82, 2.24) is 19.5 Å². The van der Waals surface area contributed by atoms with Crippen molar-refractivity contribution in [3.8, 4) is 0 Å². The number of pyridine rings is 1. The number of nitrogens with zero attached hydrogens (tertiary/aromatic N) is 4. The first-order valence-corrected chi connectivity index (χ1v) is 7.57. The molecule has 0 spiro atoms. The van der Waals surface area contributed by atoms with Crippen LogP contribution in [0.1, 0.15) is 37.4 Å². The first kappa shape index (κ1) is 19.7. The van der Waals surface area contributed by atoms with Gasteiger partial charge in [0.1, 0.15) is 5.82 Å². The van der Waals surface area contributed by atoms with Crippen molar-refractivity contribution in [2.45, 2.75) is 31.6 Å². The van der Waals surface area contributed by atoms with Crippen molar-refractivity contribution < 1.29 is 4.79 Å². The highest BCUT2D eigenvalue weighted by Crippen LogP contribution is 2.26. The van der Waals surface area contributed by atoms with Gasteiger partial charge in [-0.2, -0.15) is 0 Å². The Balaban J connectivity index is 0.00000132. The molecule has 0 bridgehead atoms. The SMILES string of the molecule is Cl.Cl.NCCCC(=O)N1CCCC(c2nnc3ccccn23)C1. The molecule has 0 radical (unpaired) electrons. The van der Waals surface area contributed by atoms with E-state index in [0.717, 1.165) is 43.8 Å². The number of likely N-dealkylation sites (tertiary alicyclic amines) is 1. The molecular formula is C15H23Cl2N5O. The first-order chi connectivity index (χ1) is 10.3. The zero-order valence-electron chi connectivity index (χ0n) is 12.9. The van der Waals surface area contributed by atoms with Gasteiger partial charge in [0.15, 0.2) is 5.65 Å². The number of amides is 1. The van der Waals surface area contributed by atoms with Crippen molar-refractivity contribution in [1.29, 1.82) is 0 Å². The zero-order chi connectivity index (χ0) is 14.7. The van der Waals surface area contributed by atoms with Crippen LogP contribution >= 0.6 is 24.8 Å². The molecule has 1 atom stereocenters. The maximum Gasteiger partial charge on any atom is 0.222 e. The first-order valence-electron chi connectivity index (χ1n) is 7.57. The lowest BCUT2D eigenvalue weighted by atomic mass is 9.97. The number of fused-ring (bicyclic) bond motifs is 1. The van der Waals surface area contributed by atoms with Gasteiger partial charge in [-0.15, -0.1) is 35.0 Å². The monoisotopic (exact) mass is 359 g/mol. The number of nitrogens with two attached hydrogens (primary N) is 1. The van der Waals surface area contributed by atoms with E-state index in [1.807, 2.05) is 33.7 Å². The molecule has 1 aliphatic heterocycles. The lowest BCUT2D eigenvalue weighted by molar-refractivity contribution is -0.132. The molecule has 2 aromatic rings. The fourth-order valence-corrected chi connectivity index (χ4v) is 2.96. The van der Waals surface area contributed by atoms with Crippen molar-refractivity contribution in [3.05, 3.63) is 30.2 Å². The molecule has 23 heavy (non-hydrogen) atoms. The molecule has 8 heteroatoms. The van der Waals surface area contributed by atoms with Gasteiger partial charge in [-0.05, 0) is 37.9 Å². The van der Waals surface area contributed by atoms with Crippen LogP contribution in [-0.4, -0.2) is 45.0 Å². The van der Waals surface area contributed by atoms with E-state index in [0.29, 0.717) is 13.0 Å². The molecule has 1 fully saturated rings. The van der Waals surface area contributed by atoms with E-state index in [1.165, 1.54) is 0 Å². The molecule has 1 aliphatic rings. The molecule has 6 nitrogen and oxygen atoms in total. The quantitative estimate of drug-likeness (QED) is 0.905. The van der Waals surface area contributed by atoms with E-state index in [9.17, 15) is 4.79 Å². The fourth-order valence-electron chi connectivity index (χ4n) is 2.96. The van der Waals surface area contributed by atoms with Gasteiger partial charge in [-0.3, -0.25) is 9.20 Å². The van der Waals surface area contributed by atoms with Crippen LogP contribution in [0.5, 0.6) is 0 Å². The van der Waals surface area contributed by atoms with E-state index in [4.69, 9.17) is 5.73 Å². The Bertz CT molecular complexity index is 633. The Hall–Kier alpha value is -1.37. The van der Waals surface area contributed by atoms with Gasteiger partial charge in [-0.25, -0.2) is 0 Å². The van der Waals surface area contributed by atoms with Crippen LogP contribution in [0.25, 0.3) is 5.65 Å². The Kier molecular flexibility index (Phi) is 7.75. The van der Waals surface area contributed by atoms with Gasteiger partial charge in [0.05, 0.1) is 0 Å². The molecule has 0 aromatic carbocycles. The maximum atomic E-state index is 12.2. The number of rotatable bonds is 4. The number of hydrogen-bond acceptors (Lipinski definition) is 4. The number of carbonyl (C=O) groups is 1. The van der Waals surface area contributed by atoms with E-state index in [2.05, 4.69) is 10.2 Å². The summed E-state index contributed by atoms with van der Waals surface area (Å²) in [7, 11) is 0. The second-order valence-corrected chi connectivity index (χ2v) is 5.56. The van der Waals surface area contributed by atoms with Crippen molar-refractivity contribution >= 4 is 36.4 Å². The van der Waals surface area contributed by atoms with Crippen LogP contribution in [0.3, 0.4) is 0 Å². The largest absolute Gasteiger partial charge is 0.342 e. The number of halogens is 2. The van der Waals surface area contributed by atoms with Crippen LogP contribution < -0.4 is 5.73 Å². The molecular weight excluding hydrogens is 337 g/mol. The minimum absolute atomic E-state index is 0. The second kappa shape index (κ2) is 9.05. The number of hydrogen-bond donors (Lipinski definition) is 1. The van der Waals surface area contributed by atoms with E-state index in [1.54, 1.807) is 0 Å². The number of piperidine rings is 1. The van der Waals surface area contributed by atoms with Gasteiger partial charge in [0.25, 0.3) is 0 Å². The third-order valence-corrected chi connectivity index (χ3v) is 4.07. The lowest BCUT2D eigenvalue weighted by Gasteiger charge is -2.32. The Morgan fingerprint density at radius 1 is 1.30 bits per heavy atom. The molecule has 1 saturated heterocycles. The van der Waals surface area contributed by atoms with Crippen LogP contribution in [-0.2, 0) is 4.79 Å². The van der Waals surface area contributed by atoms with Crippen LogP contribution in [0.4, 0.5) is 0 Å². The van der Waals surface area contributed by atoms with E-state index in [-0.39, 0.29) is 36.6 Å². The molecule has 128 valence electrons. The van der Waals surface area contributed by atoms with Crippen molar-refractivity contribution in [2.75, 3.05) is 19.6 Å². The summed E-state index contributed by atoms with van der Waals surface area (Å²) in [4.78, 5) is 14.1. The summed E-state index contributed by atoms with van der Waals surface area (Å²) >= 11 is 0. The molecule has 1 amide bonds. The summed E-state index contributed by atoms with van der Waals surface area (Å²) < 4.78 is 2.03. The molecule has 3 rings (SSSR count). The maximum absolute atomic E-state index is 12.2. The van der Waals surface area contributed by atoms with Crippen LogP contribution in [0, 0.1) is 0 Å². The predicted octanol–water partition coefficient (Wildman–Crippen LogP) is 2.02. The van der Waals surface area contributed by atoms with E-state index < -0.39 is 0 Å². The molecule has 2 N–H and O–H groups in total. The summed E-state index contributed by atoms with van der Waals surface area (Å²) in [5.41, 5.74) is 6.34. The number of carbonyl (C=O) groups excluding carboxylic acids is 1. The van der Waals surface area contributed by atoms with Gasteiger partial charge >= 0.3 is 0 Å². The average Bonchev–Trinajstić information content (AvgIpc) is 2.97. The average molecular weight is 360 g/mol. The van der Waals surface area contributed by atoms with Gasteiger partial charge < -0.3 is 10.6 Å². The number of aromatic nitrogens is 3. The smallest absolute Gasteiger partial charge is 0.222 e. The summed E-state index contributed by atoms with van der Waals surface area (Å²) in [6.45, 7) is 2.15. The van der Waals surface area contributed by atoms with Crippen LogP contribution in [0.2, 0.25) is 0 Å². The standard InChI is InChI=1S/C15H21N5O.2ClH/c16-8-3-7-14(21)19-9-4-5-12(11-19)15-18-17-13-6-1-2-10-20(13)15;;/h1-2,6,10,12H,3-5,7-9,11,16H2;2*1H. The second-order valence-electron chi connectivity index (χ2n) is 5.56. The molecule has 0 saturated carbocycles. The Morgan fingerprint density at radius 3 is 2.91 bits per heavy atom. The highest BCUT2D eigenvalue weighted by Gasteiger charge is 2.27. The lowest BCUT2D eigenvalue weighted by Crippen LogP contribution is -2.39. The zero-order valence-corrected chi connectivity index (χ0v) is 14.6.